The van der Waals surface area contributed by atoms with Crippen molar-refractivity contribution >= 4 is 33.8 Å². The highest BCUT2D eigenvalue weighted by atomic mass is 79.9. The molecule has 0 aliphatic rings. The number of carbonyl (C=O) groups excluding carboxylic acids is 2. The van der Waals surface area contributed by atoms with Gasteiger partial charge < -0.3 is 4.74 Å². The SMILES string of the molecule is COC(=O)c1ccc(Br)c(C=CC(=O)c2ccccc2)c1. The van der Waals surface area contributed by atoms with Gasteiger partial charge in [-0.25, -0.2) is 4.79 Å². The third kappa shape index (κ3) is 3.89. The first kappa shape index (κ1) is 15.2. The van der Waals surface area contributed by atoms with Crippen molar-refractivity contribution in [3.05, 3.63) is 75.8 Å². The monoisotopic (exact) mass is 344 g/mol. The van der Waals surface area contributed by atoms with Crippen LogP contribution >= 0.6 is 15.9 Å². The van der Waals surface area contributed by atoms with Gasteiger partial charge in [-0.1, -0.05) is 46.3 Å². The Morgan fingerprint density at radius 2 is 1.76 bits per heavy atom. The van der Waals surface area contributed by atoms with Crippen LogP contribution in [0.3, 0.4) is 0 Å². The van der Waals surface area contributed by atoms with Crippen LogP contribution in [0.5, 0.6) is 0 Å². The molecule has 3 nitrogen and oxygen atoms in total. The predicted molar refractivity (Wildman–Crippen MR) is 85.3 cm³/mol. The maximum absolute atomic E-state index is 12.0. The average Bonchev–Trinajstić information content (AvgIpc) is 2.53. The van der Waals surface area contributed by atoms with Gasteiger partial charge in [0, 0.05) is 10.0 Å². The molecule has 0 saturated heterocycles. The maximum atomic E-state index is 12.0. The van der Waals surface area contributed by atoms with Crippen LogP contribution in [-0.4, -0.2) is 18.9 Å². The van der Waals surface area contributed by atoms with Crippen molar-refractivity contribution in [1.82, 2.24) is 0 Å². The second-order valence-electron chi connectivity index (χ2n) is 4.29. The Bertz CT molecular complexity index is 690. The lowest BCUT2D eigenvalue weighted by Crippen LogP contribution is -2.01. The topological polar surface area (TPSA) is 43.4 Å². The van der Waals surface area contributed by atoms with E-state index in [2.05, 4.69) is 20.7 Å². The van der Waals surface area contributed by atoms with Gasteiger partial charge in [0.2, 0.25) is 0 Å². The second kappa shape index (κ2) is 6.99. The molecule has 0 aliphatic carbocycles. The maximum Gasteiger partial charge on any atom is 0.337 e. The molecule has 0 heterocycles. The number of esters is 1. The number of hydrogen-bond acceptors (Lipinski definition) is 3. The minimum Gasteiger partial charge on any atom is -0.465 e. The average molecular weight is 345 g/mol. The van der Waals surface area contributed by atoms with Gasteiger partial charge in [-0.05, 0) is 35.9 Å². The van der Waals surface area contributed by atoms with Crippen molar-refractivity contribution in [2.24, 2.45) is 0 Å². The van der Waals surface area contributed by atoms with Crippen LogP contribution in [0.4, 0.5) is 0 Å². The lowest BCUT2D eigenvalue weighted by atomic mass is 10.1. The summed E-state index contributed by atoms with van der Waals surface area (Å²) in [6.45, 7) is 0. The summed E-state index contributed by atoms with van der Waals surface area (Å²) in [5, 5.41) is 0. The molecule has 4 heteroatoms. The fourth-order valence-corrected chi connectivity index (χ4v) is 2.16. The highest BCUT2D eigenvalue weighted by Crippen LogP contribution is 2.20. The van der Waals surface area contributed by atoms with Crippen LogP contribution in [0.25, 0.3) is 6.08 Å². The first-order valence-corrected chi connectivity index (χ1v) is 7.06. The van der Waals surface area contributed by atoms with E-state index in [1.807, 2.05) is 18.2 Å². The van der Waals surface area contributed by atoms with E-state index >= 15 is 0 Å². The van der Waals surface area contributed by atoms with E-state index in [0.717, 1.165) is 10.0 Å². The number of carbonyl (C=O) groups is 2. The number of hydrogen-bond donors (Lipinski definition) is 0. The molecular weight excluding hydrogens is 332 g/mol. The fourth-order valence-electron chi connectivity index (χ4n) is 1.78. The van der Waals surface area contributed by atoms with Crippen molar-refractivity contribution in [3.8, 4) is 0 Å². The standard InChI is InChI=1S/C17H13BrO3/c1-21-17(20)14-7-9-15(18)13(11-14)8-10-16(19)12-5-3-2-4-6-12/h2-11H,1H3. The number of halogens is 1. The lowest BCUT2D eigenvalue weighted by Gasteiger charge is -2.03. The smallest absolute Gasteiger partial charge is 0.337 e. The van der Waals surface area contributed by atoms with Crippen LogP contribution in [0.1, 0.15) is 26.3 Å². The van der Waals surface area contributed by atoms with Crippen LogP contribution in [0.15, 0.2) is 59.1 Å². The van der Waals surface area contributed by atoms with E-state index in [0.29, 0.717) is 11.1 Å². The van der Waals surface area contributed by atoms with Crippen LogP contribution < -0.4 is 0 Å². The van der Waals surface area contributed by atoms with Gasteiger partial charge in [-0.2, -0.15) is 0 Å². The zero-order chi connectivity index (χ0) is 15.2. The number of ether oxygens (including phenoxy) is 1. The third-order valence-electron chi connectivity index (χ3n) is 2.89. The number of allylic oxidation sites excluding steroid dienone is 1. The molecule has 0 saturated carbocycles. The van der Waals surface area contributed by atoms with Crippen molar-refractivity contribution in [3.63, 3.8) is 0 Å². The second-order valence-corrected chi connectivity index (χ2v) is 5.15. The minimum atomic E-state index is -0.411. The summed E-state index contributed by atoms with van der Waals surface area (Å²) >= 11 is 3.39. The van der Waals surface area contributed by atoms with Gasteiger partial charge >= 0.3 is 5.97 Å². The molecule has 2 rings (SSSR count). The molecule has 0 aromatic heterocycles. The Hall–Kier alpha value is -2.20. The number of benzene rings is 2. The first-order valence-electron chi connectivity index (χ1n) is 6.27. The summed E-state index contributed by atoms with van der Waals surface area (Å²) < 4.78 is 5.48. The van der Waals surface area contributed by atoms with Crippen molar-refractivity contribution < 1.29 is 14.3 Å². The van der Waals surface area contributed by atoms with E-state index < -0.39 is 5.97 Å². The Morgan fingerprint density at radius 1 is 1.05 bits per heavy atom. The molecule has 0 amide bonds. The normalized spacial score (nSPS) is 10.6. The van der Waals surface area contributed by atoms with Gasteiger partial charge in [0.15, 0.2) is 5.78 Å². The molecular formula is C17H13BrO3. The zero-order valence-electron chi connectivity index (χ0n) is 11.4. The largest absolute Gasteiger partial charge is 0.465 e. The molecule has 0 spiro atoms. The van der Waals surface area contributed by atoms with Crippen LogP contribution in [-0.2, 0) is 4.74 Å². The lowest BCUT2D eigenvalue weighted by molar-refractivity contribution is 0.0600. The van der Waals surface area contributed by atoms with E-state index in [1.165, 1.54) is 13.2 Å². The Balaban J connectivity index is 2.24. The fraction of sp³-hybridized carbons (Fsp3) is 0.0588. The van der Waals surface area contributed by atoms with E-state index in [1.54, 1.807) is 36.4 Å². The molecule has 106 valence electrons. The summed E-state index contributed by atoms with van der Waals surface area (Å²) in [5.41, 5.74) is 1.80. The molecule has 2 aromatic carbocycles. The van der Waals surface area contributed by atoms with Gasteiger partial charge in [-0.15, -0.1) is 0 Å². The summed E-state index contributed by atoms with van der Waals surface area (Å²) in [6, 6.07) is 14.1. The van der Waals surface area contributed by atoms with Gasteiger partial charge in [0.1, 0.15) is 0 Å². The number of rotatable bonds is 4. The Labute approximate surface area is 131 Å². The van der Waals surface area contributed by atoms with Crippen LogP contribution in [0.2, 0.25) is 0 Å². The first-order chi connectivity index (χ1) is 10.1. The Kier molecular flexibility index (Phi) is 5.06. The number of ketones is 1. The molecule has 0 atom stereocenters. The molecule has 0 fully saturated rings. The third-order valence-corrected chi connectivity index (χ3v) is 3.61. The Morgan fingerprint density at radius 3 is 2.43 bits per heavy atom. The summed E-state index contributed by atoms with van der Waals surface area (Å²) in [6.07, 6.45) is 3.16. The quantitative estimate of drug-likeness (QED) is 0.475. The zero-order valence-corrected chi connectivity index (χ0v) is 13.0. The highest BCUT2D eigenvalue weighted by Gasteiger charge is 2.07. The van der Waals surface area contributed by atoms with Gasteiger partial charge in [-0.3, -0.25) is 4.79 Å². The molecule has 0 unspecified atom stereocenters. The molecule has 0 N–H and O–H groups in total. The van der Waals surface area contributed by atoms with E-state index in [-0.39, 0.29) is 5.78 Å². The molecule has 0 aliphatic heterocycles. The summed E-state index contributed by atoms with van der Waals surface area (Å²) in [7, 11) is 1.33. The predicted octanol–water partition coefficient (Wildman–Crippen LogP) is 4.13. The molecule has 0 radical (unpaired) electrons. The molecule has 21 heavy (non-hydrogen) atoms. The number of methoxy groups -OCH3 is 1. The van der Waals surface area contributed by atoms with Gasteiger partial charge in [0.05, 0.1) is 12.7 Å². The summed E-state index contributed by atoms with van der Waals surface area (Å²) in [5.74, 6) is -0.502. The summed E-state index contributed by atoms with van der Waals surface area (Å²) in [4.78, 5) is 23.5. The van der Waals surface area contributed by atoms with Crippen LogP contribution in [0, 0.1) is 0 Å². The van der Waals surface area contributed by atoms with Crippen molar-refractivity contribution in [2.45, 2.75) is 0 Å². The highest BCUT2D eigenvalue weighted by molar-refractivity contribution is 9.10. The van der Waals surface area contributed by atoms with Crippen molar-refractivity contribution in [1.29, 1.82) is 0 Å². The minimum absolute atomic E-state index is 0.0917. The van der Waals surface area contributed by atoms with Crippen molar-refractivity contribution in [2.75, 3.05) is 7.11 Å². The van der Waals surface area contributed by atoms with E-state index in [4.69, 9.17) is 0 Å². The molecule has 0 bridgehead atoms. The van der Waals surface area contributed by atoms with E-state index in [9.17, 15) is 9.59 Å². The van der Waals surface area contributed by atoms with Gasteiger partial charge in [0.25, 0.3) is 0 Å². The molecule has 2 aromatic rings.